The van der Waals surface area contributed by atoms with Crippen LogP contribution in [0.5, 0.6) is 0 Å². The van der Waals surface area contributed by atoms with Gasteiger partial charge in [0.05, 0.1) is 22.1 Å². The predicted octanol–water partition coefficient (Wildman–Crippen LogP) is 2.43. The molecule has 1 saturated heterocycles. The molecule has 1 heterocycles. The Hall–Kier alpha value is -2.18. The smallest absolute Gasteiger partial charge is 0.309 e. The Kier molecular flexibility index (Phi) is 3.61. The van der Waals surface area contributed by atoms with Gasteiger partial charge in [-0.15, -0.1) is 0 Å². The van der Waals surface area contributed by atoms with Gasteiger partial charge < -0.3 is 10.0 Å². The molecule has 0 saturated carbocycles. The van der Waals surface area contributed by atoms with E-state index in [1.807, 2.05) is 0 Å². The van der Waals surface area contributed by atoms with Crippen molar-refractivity contribution in [2.45, 2.75) is 19.8 Å². The third-order valence-electron chi connectivity index (χ3n) is 3.87. The number of nitro benzene ring substituents is 1. The zero-order chi connectivity index (χ0) is 14.9. The largest absolute Gasteiger partial charge is 0.481 e. The topological polar surface area (TPSA) is 83.7 Å². The van der Waals surface area contributed by atoms with Crippen molar-refractivity contribution >= 4 is 17.3 Å². The van der Waals surface area contributed by atoms with E-state index >= 15 is 0 Å². The van der Waals surface area contributed by atoms with Crippen LogP contribution in [0.15, 0.2) is 18.2 Å². The van der Waals surface area contributed by atoms with Crippen LogP contribution in [0.25, 0.3) is 0 Å². The first-order valence-electron chi connectivity index (χ1n) is 6.26. The molecule has 1 fully saturated rings. The van der Waals surface area contributed by atoms with Crippen LogP contribution < -0.4 is 4.90 Å². The molecule has 1 aliphatic rings. The van der Waals surface area contributed by atoms with Crippen molar-refractivity contribution in [3.05, 3.63) is 34.1 Å². The molecule has 0 bridgehead atoms. The maximum atomic E-state index is 13.9. The Morgan fingerprint density at radius 1 is 1.45 bits per heavy atom. The number of halogens is 1. The number of carboxylic acid groups (broad SMARTS) is 1. The number of anilines is 1. The lowest BCUT2D eigenvalue weighted by molar-refractivity contribution is -0.385. The van der Waals surface area contributed by atoms with Gasteiger partial charge in [-0.1, -0.05) is 0 Å². The molecule has 1 aliphatic heterocycles. The highest BCUT2D eigenvalue weighted by Crippen LogP contribution is 2.34. The Morgan fingerprint density at radius 3 is 2.50 bits per heavy atom. The highest BCUT2D eigenvalue weighted by atomic mass is 19.1. The van der Waals surface area contributed by atoms with Crippen molar-refractivity contribution in [1.82, 2.24) is 0 Å². The van der Waals surface area contributed by atoms with Crippen molar-refractivity contribution in [2.75, 3.05) is 18.0 Å². The predicted molar refractivity (Wildman–Crippen MR) is 70.2 cm³/mol. The zero-order valence-electron chi connectivity index (χ0n) is 11.0. The standard InChI is InChI=1S/C13H15FN2O4/c1-13(12(17)18)4-6-15(7-5-13)11-3-2-9(16(19)20)8-10(11)14/h2-3,8H,4-7H2,1H3,(H,17,18). The number of benzene rings is 1. The molecule has 0 radical (unpaired) electrons. The van der Waals surface area contributed by atoms with Gasteiger partial charge in [0.1, 0.15) is 0 Å². The van der Waals surface area contributed by atoms with E-state index in [4.69, 9.17) is 5.11 Å². The number of piperidine rings is 1. The molecule has 2 rings (SSSR count). The SMILES string of the molecule is CC1(C(=O)O)CCN(c2ccc([N+](=O)[O-])cc2F)CC1. The van der Waals surface area contributed by atoms with E-state index in [1.54, 1.807) is 11.8 Å². The summed E-state index contributed by atoms with van der Waals surface area (Å²) in [7, 11) is 0. The second-order valence-corrected chi connectivity index (χ2v) is 5.25. The van der Waals surface area contributed by atoms with Crippen LogP contribution >= 0.6 is 0 Å². The van der Waals surface area contributed by atoms with Crippen LogP contribution in [0.3, 0.4) is 0 Å². The van der Waals surface area contributed by atoms with Gasteiger partial charge in [0.2, 0.25) is 0 Å². The van der Waals surface area contributed by atoms with Crippen LogP contribution in [0.1, 0.15) is 19.8 Å². The average molecular weight is 282 g/mol. The Labute approximate surface area is 115 Å². The first-order valence-corrected chi connectivity index (χ1v) is 6.26. The third-order valence-corrected chi connectivity index (χ3v) is 3.87. The van der Waals surface area contributed by atoms with Gasteiger partial charge >= 0.3 is 5.97 Å². The molecule has 0 atom stereocenters. The number of carbonyl (C=O) groups is 1. The summed E-state index contributed by atoms with van der Waals surface area (Å²) in [6.07, 6.45) is 0.831. The molecule has 1 aromatic carbocycles. The monoisotopic (exact) mass is 282 g/mol. The van der Waals surface area contributed by atoms with Gasteiger partial charge in [-0.2, -0.15) is 0 Å². The molecule has 1 aromatic rings. The minimum atomic E-state index is -0.846. The molecular formula is C13H15FN2O4. The normalized spacial score (nSPS) is 17.8. The Morgan fingerprint density at radius 2 is 2.05 bits per heavy atom. The molecular weight excluding hydrogens is 267 g/mol. The average Bonchev–Trinajstić information content (AvgIpc) is 2.39. The highest BCUT2D eigenvalue weighted by molar-refractivity contribution is 5.74. The summed E-state index contributed by atoms with van der Waals surface area (Å²) in [5, 5.41) is 19.7. The van der Waals surface area contributed by atoms with E-state index in [1.165, 1.54) is 12.1 Å². The molecule has 1 N–H and O–H groups in total. The fraction of sp³-hybridized carbons (Fsp3) is 0.462. The first-order chi connectivity index (χ1) is 9.33. The van der Waals surface area contributed by atoms with E-state index in [0.717, 1.165) is 6.07 Å². The number of rotatable bonds is 3. The second kappa shape index (κ2) is 5.07. The summed E-state index contributed by atoms with van der Waals surface area (Å²) in [4.78, 5) is 22.8. The Bertz CT molecular complexity index is 553. The van der Waals surface area contributed by atoms with Gasteiger partial charge in [0, 0.05) is 19.2 Å². The van der Waals surface area contributed by atoms with Crippen LogP contribution in [0.2, 0.25) is 0 Å². The van der Waals surface area contributed by atoms with Gasteiger partial charge in [0.25, 0.3) is 5.69 Å². The second-order valence-electron chi connectivity index (χ2n) is 5.25. The fourth-order valence-electron chi connectivity index (χ4n) is 2.32. The van der Waals surface area contributed by atoms with Crippen molar-refractivity contribution in [3.8, 4) is 0 Å². The van der Waals surface area contributed by atoms with Crippen molar-refractivity contribution in [3.63, 3.8) is 0 Å². The van der Waals surface area contributed by atoms with Gasteiger partial charge in [-0.3, -0.25) is 14.9 Å². The minimum absolute atomic E-state index is 0.281. The summed E-state index contributed by atoms with van der Waals surface area (Å²) in [5.41, 5.74) is -0.796. The van der Waals surface area contributed by atoms with Gasteiger partial charge in [0.15, 0.2) is 5.82 Å². The summed E-state index contributed by atoms with van der Waals surface area (Å²) in [6, 6.07) is 3.51. The molecule has 7 heteroatoms. The number of non-ortho nitro benzene ring substituents is 1. The molecule has 0 aromatic heterocycles. The van der Waals surface area contributed by atoms with E-state index in [0.29, 0.717) is 25.9 Å². The zero-order valence-corrected chi connectivity index (χ0v) is 11.0. The van der Waals surface area contributed by atoms with E-state index in [-0.39, 0.29) is 11.4 Å². The Balaban J connectivity index is 2.15. The summed E-state index contributed by atoms with van der Waals surface area (Å²) in [5.74, 6) is -1.50. The highest BCUT2D eigenvalue weighted by Gasteiger charge is 2.37. The molecule has 0 spiro atoms. The molecule has 108 valence electrons. The lowest BCUT2D eigenvalue weighted by Crippen LogP contribution is -2.43. The van der Waals surface area contributed by atoms with Crippen LogP contribution in [0.4, 0.5) is 15.8 Å². The maximum absolute atomic E-state index is 13.9. The lowest BCUT2D eigenvalue weighted by Gasteiger charge is -2.37. The molecule has 6 nitrogen and oxygen atoms in total. The summed E-state index contributed by atoms with van der Waals surface area (Å²) >= 11 is 0. The first kappa shape index (κ1) is 14.2. The van der Waals surface area contributed by atoms with Gasteiger partial charge in [-0.25, -0.2) is 4.39 Å². The number of hydrogen-bond donors (Lipinski definition) is 1. The molecule has 20 heavy (non-hydrogen) atoms. The maximum Gasteiger partial charge on any atom is 0.309 e. The van der Waals surface area contributed by atoms with Crippen LogP contribution in [0, 0.1) is 21.3 Å². The lowest BCUT2D eigenvalue weighted by atomic mass is 9.80. The van der Waals surface area contributed by atoms with Crippen molar-refractivity contribution in [2.24, 2.45) is 5.41 Å². The van der Waals surface area contributed by atoms with Crippen molar-refractivity contribution in [1.29, 1.82) is 0 Å². The molecule has 0 aliphatic carbocycles. The number of hydrogen-bond acceptors (Lipinski definition) is 4. The number of carboxylic acids is 1. The fourth-order valence-corrected chi connectivity index (χ4v) is 2.32. The minimum Gasteiger partial charge on any atom is -0.481 e. The van der Waals surface area contributed by atoms with Gasteiger partial charge in [-0.05, 0) is 25.8 Å². The third kappa shape index (κ3) is 2.56. The van der Waals surface area contributed by atoms with E-state index in [2.05, 4.69) is 0 Å². The molecule has 0 unspecified atom stereocenters. The number of nitrogens with zero attached hydrogens (tertiary/aromatic N) is 2. The van der Waals surface area contributed by atoms with Crippen molar-refractivity contribution < 1.29 is 19.2 Å². The number of aliphatic carboxylic acids is 1. The summed E-state index contributed by atoms with van der Waals surface area (Å²) in [6.45, 7) is 2.51. The van der Waals surface area contributed by atoms with Crippen LogP contribution in [-0.2, 0) is 4.79 Å². The molecule has 0 amide bonds. The van der Waals surface area contributed by atoms with E-state index in [9.17, 15) is 19.3 Å². The summed E-state index contributed by atoms with van der Waals surface area (Å²) < 4.78 is 13.9. The van der Waals surface area contributed by atoms with E-state index < -0.39 is 22.1 Å². The number of nitro groups is 1. The quantitative estimate of drug-likeness (QED) is 0.680. The van der Waals surface area contributed by atoms with Crippen LogP contribution in [-0.4, -0.2) is 29.1 Å².